The van der Waals surface area contributed by atoms with E-state index in [2.05, 4.69) is 36.6 Å². The molecule has 0 heterocycles. The fourth-order valence-corrected chi connectivity index (χ4v) is 1.82. The molecule has 1 atom stereocenters. The predicted octanol–water partition coefficient (Wildman–Crippen LogP) is 3.76. The molecule has 18 heavy (non-hydrogen) atoms. The largest absolute Gasteiger partial charge is 0.489 e. The third kappa shape index (κ3) is 3.52. The molecule has 0 saturated heterocycles. The molecule has 94 valence electrons. The highest BCUT2D eigenvalue weighted by Gasteiger charge is 2.02. The highest BCUT2D eigenvalue weighted by atomic mass is 32.1. The summed E-state index contributed by atoms with van der Waals surface area (Å²) in [5.41, 5.74) is 2.36. The zero-order valence-electron chi connectivity index (χ0n) is 10.3. The molecule has 0 aliphatic carbocycles. The molecule has 0 aliphatic heterocycles. The van der Waals surface area contributed by atoms with Crippen molar-refractivity contribution in [2.45, 2.75) is 19.6 Å². The second kappa shape index (κ2) is 6.47. The summed E-state index contributed by atoms with van der Waals surface area (Å²) in [6, 6.07) is 18.5. The van der Waals surface area contributed by atoms with Gasteiger partial charge in [0.2, 0.25) is 0 Å². The second-order valence-corrected chi connectivity index (χ2v) is 4.45. The first kappa shape index (κ1) is 13.0. The van der Waals surface area contributed by atoms with E-state index in [1.54, 1.807) is 0 Å². The minimum Gasteiger partial charge on any atom is -0.489 e. The van der Waals surface area contributed by atoms with Gasteiger partial charge in [0.05, 0.1) is 0 Å². The van der Waals surface area contributed by atoms with Crippen LogP contribution in [-0.4, -0.2) is 0 Å². The molecule has 0 aromatic heterocycles. The molecule has 0 unspecified atom stereocenters. The van der Waals surface area contributed by atoms with Gasteiger partial charge < -0.3 is 4.74 Å². The van der Waals surface area contributed by atoms with E-state index in [9.17, 15) is 0 Å². The zero-order valence-corrected chi connectivity index (χ0v) is 11.2. The Bertz CT molecular complexity index is 470. The number of nitrogens with one attached hydrogen (secondary N) is 1. The van der Waals surface area contributed by atoms with Gasteiger partial charge in [0.1, 0.15) is 12.4 Å². The molecule has 0 bridgehead atoms. The quantitative estimate of drug-likeness (QED) is 0.798. The van der Waals surface area contributed by atoms with Crippen molar-refractivity contribution >= 4 is 12.8 Å². The molecule has 1 N–H and O–H groups in total. The summed E-state index contributed by atoms with van der Waals surface area (Å²) in [5, 5.41) is 0. The van der Waals surface area contributed by atoms with Crippen LogP contribution in [0.5, 0.6) is 5.75 Å². The third-order valence-corrected chi connectivity index (χ3v) is 3.21. The van der Waals surface area contributed by atoms with Crippen molar-refractivity contribution in [3.05, 3.63) is 65.7 Å². The molecule has 0 aliphatic rings. The van der Waals surface area contributed by atoms with Gasteiger partial charge >= 0.3 is 0 Å². The topological polar surface area (TPSA) is 21.3 Å². The van der Waals surface area contributed by atoms with Crippen molar-refractivity contribution in [2.75, 3.05) is 0 Å². The van der Waals surface area contributed by atoms with Crippen molar-refractivity contribution < 1.29 is 4.74 Å². The number of benzene rings is 2. The Hall–Kier alpha value is -1.45. The minimum atomic E-state index is 0.233. The average molecular weight is 259 g/mol. The minimum absolute atomic E-state index is 0.233. The Morgan fingerprint density at radius 1 is 1.06 bits per heavy atom. The molecule has 0 radical (unpaired) electrons. The summed E-state index contributed by atoms with van der Waals surface area (Å²) in [5.74, 6) is 0.883. The monoisotopic (exact) mass is 259 g/mol. The van der Waals surface area contributed by atoms with Gasteiger partial charge in [-0.25, -0.2) is 0 Å². The fraction of sp³-hybridized carbons (Fsp3) is 0.200. The maximum absolute atomic E-state index is 5.72. The lowest BCUT2D eigenvalue weighted by molar-refractivity contribution is 0.306. The highest BCUT2D eigenvalue weighted by Crippen LogP contribution is 2.18. The lowest BCUT2D eigenvalue weighted by atomic mass is 10.1. The smallest absolute Gasteiger partial charge is 0.119 e. The maximum Gasteiger partial charge on any atom is 0.119 e. The van der Waals surface area contributed by atoms with Gasteiger partial charge in [0, 0.05) is 6.04 Å². The Morgan fingerprint density at radius 2 is 1.72 bits per heavy atom. The number of hydrogen-bond acceptors (Lipinski definition) is 3. The lowest BCUT2D eigenvalue weighted by Crippen LogP contribution is -2.06. The molecule has 2 aromatic rings. The van der Waals surface area contributed by atoms with E-state index in [4.69, 9.17) is 4.74 Å². The normalized spacial score (nSPS) is 12.1. The van der Waals surface area contributed by atoms with Gasteiger partial charge in [0.15, 0.2) is 0 Å². The summed E-state index contributed by atoms with van der Waals surface area (Å²) in [6.45, 7) is 2.66. The van der Waals surface area contributed by atoms with Crippen LogP contribution in [0.4, 0.5) is 0 Å². The molecule has 0 fully saturated rings. The van der Waals surface area contributed by atoms with E-state index < -0.39 is 0 Å². The SMILES string of the molecule is C[C@H](NS)c1ccc(OCc2ccccc2)cc1. The summed E-state index contributed by atoms with van der Waals surface area (Å²) in [4.78, 5) is 0. The first-order valence-electron chi connectivity index (χ1n) is 5.96. The van der Waals surface area contributed by atoms with Gasteiger partial charge in [-0.2, -0.15) is 0 Å². The third-order valence-electron chi connectivity index (χ3n) is 2.82. The van der Waals surface area contributed by atoms with E-state index in [0.29, 0.717) is 6.61 Å². The molecule has 2 nitrogen and oxygen atoms in total. The number of rotatable bonds is 5. The first-order valence-corrected chi connectivity index (χ1v) is 6.40. The summed E-state index contributed by atoms with van der Waals surface area (Å²) in [6.07, 6.45) is 0. The van der Waals surface area contributed by atoms with Crippen LogP contribution in [0.2, 0.25) is 0 Å². The van der Waals surface area contributed by atoms with E-state index >= 15 is 0 Å². The Balaban J connectivity index is 1.94. The standard InChI is InChI=1S/C15H17NOS/c1-12(16-18)14-7-9-15(10-8-14)17-11-13-5-3-2-4-6-13/h2-10,12,16,18H,11H2,1H3/t12-/m0/s1. The van der Waals surface area contributed by atoms with E-state index in [-0.39, 0.29) is 6.04 Å². The molecule has 3 heteroatoms. The van der Waals surface area contributed by atoms with Crippen LogP contribution in [0.3, 0.4) is 0 Å². The zero-order chi connectivity index (χ0) is 12.8. The molecule has 2 aromatic carbocycles. The van der Waals surface area contributed by atoms with Crippen molar-refractivity contribution in [1.29, 1.82) is 0 Å². The van der Waals surface area contributed by atoms with E-state index in [0.717, 1.165) is 5.75 Å². The molecule has 2 rings (SSSR count). The number of thiol groups is 1. The lowest BCUT2D eigenvalue weighted by Gasteiger charge is -2.11. The highest BCUT2D eigenvalue weighted by molar-refractivity contribution is 7.78. The van der Waals surface area contributed by atoms with Crippen LogP contribution in [0.25, 0.3) is 0 Å². The average Bonchev–Trinajstić information content (AvgIpc) is 2.46. The number of ether oxygens (including phenoxy) is 1. The van der Waals surface area contributed by atoms with Gasteiger partial charge in [0.25, 0.3) is 0 Å². The molecular formula is C15H17NOS. The molecule has 0 spiro atoms. The molecular weight excluding hydrogens is 242 g/mol. The van der Waals surface area contributed by atoms with Crippen LogP contribution in [0.1, 0.15) is 24.1 Å². The Labute approximate surface area is 114 Å². The summed E-state index contributed by atoms with van der Waals surface area (Å²) < 4.78 is 8.63. The Kier molecular flexibility index (Phi) is 4.67. The van der Waals surface area contributed by atoms with Crippen LogP contribution in [-0.2, 0) is 6.61 Å². The second-order valence-electron chi connectivity index (χ2n) is 4.19. The van der Waals surface area contributed by atoms with Crippen LogP contribution in [0, 0.1) is 0 Å². The van der Waals surface area contributed by atoms with Crippen molar-refractivity contribution in [3.8, 4) is 5.75 Å². The molecule has 0 saturated carbocycles. The van der Waals surface area contributed by atoms with Crippen molar-refractivity contribution in [2.24, 2.45) is 0 Å². The maximum atomic E-state index is 5.72. The van der Waals surface area contributed by atoms with Gasteiger partial charge in [-0.15, -0.1) is 0 Å². The van der Waals surface area contributed by atoms with E-state index in [1.165, 1.54) is 11.1 Å². The van der Waals surface area contributed by atoms with Gasteiger partial charge in [-0.3, -0.25) is 4.72 Å². The van der Waals surface area contributed by atoms with Crippen LogP contribution in [0.15, 0.2) is 54.6 Å². The summed E-state index contributed by atoms with van der Waals surface area (Å²) in [7, 11) is 0. The van der Waals surface area contributed by atoms with Crippen LogP contribution >= 0.6 is 12.8 Å². The first-order chi connectivity index (χ1) is 8.79. The fourth-order valence-electron chi connectivity index (χ4n) is 1.67. The predicted molar refractivity (Wildman–Crippen MR) is 77.8 cm³/mol. The van der Waals surface area contributed by atoms with Crippen molar-refractivity contribution in [3.63, 3.8) is 0 Å². The number of hydrogen-bond donors (Lipinski definition) is 2. The van der Waals surface area contributed by atoms with Crippen LogP contribution < -0.4 is 9.46 Å². The van der Waals surface area contributed by atoms with Crippen molar-refractivity contribution in [1.82, 2.24) is 4.72 Å². The van der Waals surface area contributed by atoms with E-state index in [1.807, 2.05) is 42.5 Å². The van der Waals surface area contributed by atoms with Gasteiger partial charge in [-0.05, 0) is 30.2 Å². The van der Waals surface area contributed by atoms with Gasteiger partial charge in [-0.1, -0.05) is 55.3 Å². The molecule has 0 amide bonds. The Morgan fingerprint density at radius 3 is 2.33 bits per heavy atom. The summed E-state index contributed by atoms with van der Waals surface area (Å²) >= 11 is 4.06.